The lowest BCUT2D eigenvalue weighted by atomic mass is 10.1. The maximum atomic E-state index is 13.7. The normalized spacial score (nSPS) is 10.7. The number of carbonyl (C=O) groups is 1. The number of benzene rings is 1. The van der Waals surface area contributed by atoms with Crippen LogP contribution in [0.15, 0.2) is 49.3 Å². The zero-order chi connectivity index (χ0) is 16.6. The van der Waals surface area contributed by atoms with Gasteiger partial charge in [-0.3, -0.25) is 4.79 Å². The Labute approximate surface area is 137 Å². The van der Waals surface area contributed by atoms with E-state index in [0.29, 0.717) is 11.3 Å². The average Bonchev–Trinajstić information content (AvgIpc) is 2.86. The summed E-state index contributed by atoms with van der Waals surface area (Å²) in [6, 6.07) is 6.44. The van der Waals surface area contributed by atoms with Crippen molar-refractivity contribution in [3.63, 3.8) is 0 Å². The molecule has 2 aromatic heterocycles. The van der Waals surface area contributed by atoms with Gasteiger partial charge in [-0.05, 0) is 29.8 Å². The summed E-state index contributed by atoms with van der Waals surface area (Å²) in [7, 11) is 1.85. The molecule has 1 amide bonds. The molecule has 1 N–H and O–H groups in total. The lowest BCUT2D eigenvalue weighted by Gasteiger charge is -2.04. The Morgan fingerprint density at radius 1 is 1.43 bits per heavy atom. The van der Waals surface area contributed by atoms with Gasteiger partial charge in [0.15, 0.2) is 0 Å². The summed E-state index contributed by atoms with van der Waals surface area (Å²) in [6.07, 6.45) is 4.61. The van der Waals surface area contributed by atoms with Gasteiger partial charge in [-0.25, -0.2) is 9.37 Å². The van der Waals surface area contributed by atoms with E-state index >= 15 is 0 Å². The fraction of sp³-hybridized carbons (Fsp3) is 0.0588. The first kappa shape index (κ1) is 15.2. The molecule has 1 aromatic carbocycles. The molecule has 4 nitrogen and oxygen atoms in total. The van der Waals surface area contributed by atoms with Crippen LogP contribution in [0.4, 0.5) is 10.1 Å². The molecule has 116 valence electrons. The predicted molar refractivity (Wildman–Crippen MR) is 89.9 cm³/mol. The Bertz CT molecular complexity index is 933. The van der Waals surface area contributed by atoms with Gasteiger partial charge in [-0.2, -0.15) is 0 Å². The van der Waals surface area contributed by atoms with Crippen molar-refractivity contribution >= 4 is 34.2 Å². The number of nitrogens with zero attached hydrogens (tertiary/aromatic N) is 2. The Balaban J connectivity index is 2.16. The van der Waals surface area contributed by atoms with Gasteiger partial charge in [-0.1, -0.05) is 24.2 Å². The van der Waals surface area contributed by atoms with Gasteiger partial charge in [0.05, 0.1) is 16.9 Å². The molecule has 0 bridgehead atoms. The van der Waals surface area contributed by atoms with Gasteiger partial charge in [0.25, 0.3) is 0 Å². The van der Waals surface area contributed by atoms with Crippen molar-refractivity contribution < 1.29 is 9.18 Å². The van der Waals surface area contributed by atoms with Gasteiger partial charge in [0.2, 0.25) is 5.91 Å². The van der Waals surface area contributed by atoms with Gasteiger partial charge in [0, 0.05) is 24.2 Å². The third-order valence-corrected chi connectivity index (χ3v) is 3.80. The largest absolute Gasteiger partial charge is 0.335 e. The summed E-state index contributed by atoms with van der Waals surface area (Å²) < 4.78 is 15.6. The minimum absolute atomic E-state index is 0.0750. The highest BCUT2D eigenvalue weighted by atomic mass is 35.5. The van der Waals surface area contributed by atoms with E-state index in [1.165, 1.54) is 18.2 Å². The maximum Gasteiger partial charge on any atom is 0.247 e. The quantitative estimate of drug-likeness (QED) is 0.733. The van der Waals surface area contributed by atoms with E-state index in [0.717, 1.165) is 16.6 Å². The molecule has 3 rings (SSSR count). The Hall–Kier alpha value is -2.66. The Morgan fingerprint density at radius 2 is 2.22 bits per heavy atom. The van der Waals surface area contributed by atoms with Crippen LogP contribution in [0.1, 0.15) is 0 Å². The number of halogens is 2. The summed E-state index contributed by atoms with van der Waals surface area (Å²) in [5.41, 5.74) is 2.77. The minimum atomic E-state index is -0.481. The molecule has 3 aromatic rings. The molecular weight excluding hydrogens is 317 g/mol. The molecule has 0 spiro atoms. The van der Waals surface area contributed by atoms with E-state index in [2.05, 4.69) is 16.9 Å². The highest BCUT2D eigenvalue weighted by Crippen LogP contribution is 2.32. The smallest absolute Gasteiger partial charge is 0.247 e. The first-order chi connectivity index (χ1) is 11.0. The molecule has 6 heteroatoms. The number of nitrogens with one attached hydrogen (secondary N) is 1. The number of fused-ring (bicyclic) bond motifs is 1. The second kappa shape index (κ2) is 5.85. The van der Waals surface area contributed by atoms with Gasteiger partial charge < -0.3 is 9.88 Å². The molecule has 0 saturated heterocycles. The standard InChI is InChI=1S/C17H13ClFN3O/c1-3-16(23)21-11-7-12-13(9-22(2)17(12)20-8-11)10-4-5-14(18)15(19)6-10/h3-9H,1H2,2H3,(H,21,23). The van der Waals surface area contributed by atoms with Crippen LogP contribution in [-0.2, 0) is 11.8 Å². The predicted octanol–water partition coefficient (Wildman–Crippen LogP) is 4.16. The molecule has 23 heavy (non-hydrogen) atoms. The number of hydrogen-bond donors (Lipinski definition) is 1. The van der Waals surface area contributed by atoms with Crippen molar-refractivity contribution in [2.45, 2.75) is 0 Å². The van der Waals surface area contributed by atoms with Crippen LogP contribution < -0.4 is 5.32 Å². The zero-order valence-electron chi connectivity index (χ0n) is 12.3. The number of anilines is 1. The minimum Gasteiger partial charge on any atom is -0.335 e. The average molecular weight is 330 g/mol. The van der Waals surface area contributed by atoms with Crippen LogP contribution in [0.3, 0.4) is 0 Å². The van der Waals surface area contributed by atoms with Crippen molar-refractivity contribution in [2.24, 2.45) is 7.05 Å². The summed E-state index contributed by atoms with van der Waals surface area (Å²) in [6.45, 7) is 3.42. The molecule has 0 aliphatic carbocycles. The highest BCUT2D eigenvalue weighted by molar-refractivity contribution is 6.30. The second-order valence-corrected chi connectivity index (χ2v) is 5.48. The van der Waals surface area contributed by atoms with E-state index in [4.69, 9.17) is 11.6 Å². The van der Waals surface area contributed by atoms with E-state index in [1.807, 2.05) is 17.8 Å². The molecule has 0 radical (unpaired) electrons. The fourth-order valence-corrected chi connectivity index (χ4v) is 2.53. The molecule has 0 saturated carbocycles. The van der Waals surface area contributed by atoms with Crippen LogP contribution >= 0.6 is 11.6 Å². The third-order valence-electron chi connectivity index (χ3n) is 3.50. The molecule has 0 fully saturated rings. The second-order valence-electron chi connectivity index (χ2n) is 5.07. The Morgan fingerprint density at radius 3 is 2.91 bits per heavy atom. The van der Waals surface area contributed by atoms with Gasteiger partial charge in [-0.15, -0.1) is 0 Å². The van der Waals surface area contributed by atoms with Crippen LogP contribution in [0, 0.1) is 5.82 Å². The fourth-order valence-electron chi connectivity index (χ4n) is 2.42. The summed E-state index contributed by atoms with van der Waals surface area (Å²) in [4.78, 5) is 15.8. The summed E-state index contributed by atoms with van der Waals surface area (Å²) in [5, 5.41) is 3.55. The summed E-state index contributed by atoms with van der Waals surface area (Å²) in [5.74, 6) is -0.800. The maximum absolute atomic E-state index is 13.7. The lowest BCUT2D eigenvalue weighted by molar-refractivity contribution is -0.111. The molecule has 0 aliphatic rings. The lowest BCUT2D eigenvalue weighted by Crippen LogP contribution is -2.07. The third kappa shape index (κ3) is 2.83. The number of amides is 1. The van der Waals surface area contributed by atoms with Gasteiger partial charge in [0.1, 0.15) is 11.5 Å². The van der Waals surface area contributed by atoms with E-state index in [9.17, 15) is 9.18 Å². The topological polar surface area (TPSA) is 46.9 Å². The van der Waals surface area contributed by atoms with Crippen molar-refractivity contribution in [1.82, 2.24) is 9.55 Å². The molecule has 0 atom stereocenters. The van der Waals surface area contributed by atoms with E-state index in [1.54, 1.807) is 18.3 Å². The number of hydrogen-bond acceptors (Lipinski definition) is 2. The Kier molecular flexibility index (Phi) is 3.88. The van der Waals surface area contributed by atoms with Crippen molar-refractivity contribution in [3.05, 3.63) is 60.2 Å². The first-order valence-corrected chi connectivity index (χ1v) is 7.21. The number of pyridine rings is 1. The van der Waals surface area contributed by atoms with Crippen LogP contribution in [0.25, 0.3) is 22.2 Å². The van der Waals surface area contributed by atoms with Crippen LogP contribution in [0.2, 0.25) is 5.02 Å². The van der Waals surface area contributed by atoms with Crippen molar-refractivity contribution in [1.29, 1.82) is 0 Å². The molecule has 2 heterocycles. The first-order valence-electron chi connectivity index (χ1n) is 6.83. The van der Waals surface area contributed by atoms with Gasteiger partial charge >= 0.3 is 0 Å². The van der Waals surface area contributed by atoms with Crippen LogP contribution in [-0.4, -0.2) is 15.5 Å². The monoisotopic (exact) mass is 329 g/mol. The molecule has 0 unspecified atom stereocenters. The van der Waals surface area contributed by atoms with Crippen LogP contribution in [0.5, 0.6) is 0 Å². The zero-order valence-corrected chi connectivity index (χ0v) is 13.1. The summed E-state index contributed by atoms with van der Waals surface area (Å²) >= 11 is 5.74. The van der Waals surface area contributed by atoms with Crippen molar-refractivity contribution in [3.8, 4) is 11.1 Å². The molecular formula is C17H13ClFN3O. The number of carbonyl (C=O) groups excluding carboxylic acids is 1. The van der Waals surface area contributed by atoms with E-state index in [-0.39, 0.29) is 10.9 Å². The number of aryl methyl sites for hydroxylation is 1. The SMILES string of the molecule is C=CC(=O)Nc1cnc2c(c1)c(-c1ccc(Cl)c(F)c1)cn2C. The van der Waals surface area contributed by atoms with E-state index < -0.39 is 5.82 Å². The molecule has 0 aliphatic heterocycles. The number of rotatable bonds is 3. The number of aromatic nitrogens is 2. The van der Waals surface area contributed by atoms with Crippen molar-refractivity contribution in [2.75, 3.05) is 5.32 Å². The highest BCUT2D eigenvalue weighted by Gasteiger charge is 2.12.